The number of rotatable bonds is 10. The van der Waals surface area contributed by atoms with Gasteiger partial charge in [-0.2, -0.15) is 0 Å². The Morgan fingerprint density at radius 2 is 2.00 bits per heavy atom. The molecule has 2 aliphatic rings. The van der Waals surface area contributed by atoms with E-state index in [1.165, 1.54) is 12.2 Å². The minimum Gasteiger partial charge on any atom is -0.394 e. The van der Waals surface area contributed by atoms with Crippen LogP contribution in [0.15, 0.2) is 0 Å². The van der Waals surface area contributed by atoms with Crippen molar-refractivity contribution in [3.63, 3.8) is 0 Å². The van der Waals surface area contributed by atoms with E-state index in [0.29, 0.717) is 6.42 Å². The fraction of sp³-hybridized carbons (Fsp3) is 0.938. The number of amides is 1. The van der Waals surface area contributed by atoms with Gasteiger partial charge in [-0.25, -0.2) is 0 Å². The van der Waals surface area contributed by atoms with E-state index in [2.05, 4.69) is 5.32 Å². The number of aliphatic hydroxyl groups is 4. The molecule has 0 aliphatic carbocycles. The molecule has 0 radical (unpaired) electrons. The Balaban J connectivity index is 1.54. The number of carbonyl (C=O) groups is 1. The molecule has 0 aromatic heterocycles. The first-order valence-electron chi connectivity index (χ1n) is 9.00. The first-order chi connectivity index (χ1) is 12.5. The van der Waals surface area contributed by atoms with Crippen LogP contribution in [0, 0.1) is 0 Å². The Morgan fingerprint density at radius 1 is 1.19 bits per heavy atom. The van der Waals surface area contributed by atoms with Gasteiger partial charge < -0.3 is 35.2 Å². The SMILES string of the molecule is O=C(CCCCC1CCSS1)NCCO[C@@H]1O[C@H](CO)[C@H](O)[C@H](O)[C@H]1O. The van der Waals surface area contributed by atoms with Crippen molar-refractivity contribution in [1.29, 1.82) is 0 Å². The third kappa shape index (κ3) is 6.83. The van der Waals surface area contributed by atoms with E-state index >= 15 is 0 Å². The Morgan fingerprint density at radius 3 is 2.69 bits per heavy atom. The van der Waals surface area contributed by atoms with Crippen LogP contribution in [0.1, 0.15) is 32.1 Å². The maximum absolute atomic E-state index is 11.8. The number of carbonyl (C=O) groups excluding carboxylic acids is 1. The van der Waals surface area contributed by atoms with Gasteiger partial charge in [0, 0.05) is 24.0 Å². The summed E-state index contributed by atoms with van der Waals surface area (Å²) in [5, 5.41) is 41.8. The van der Waals surface area contributed by atoms with E-state index in [0.717, 1.165) is 24.5 Å². The van der Waals surface area contributed by atoms with E-state index in [9.17, 15) is 20.1 Å². The first-order valence-corrected chi connectivity index (χ1v) is 11.4. The third-order valence-corrected chi connectivity index (χ3v) is 7.47. The van der Waals surface area contributed by atoms with Crippen molar-refractivity contribution in [1.82, 2.24) is 5.32 Å². The van der Waals surface area contributed by atoms with Crippen molar-refractivity contribution in [3.05, 3.63) is 0 Å². The lowest BCUT2D eigenvalue weighted by atomic mass is 9.99. The van der Waals surface area contributed by atoms with E-state index in [1.807, 2.05) is 21.6 Å². The number of unbranched alkanes of at least 4 members (excludes halogenated alkanes) is 1. The summed E-state index contributed by atoms with van der Waals surface area (Å²) in [5.41, 5.74) is 0. The standard InChI is InChI=1S/C16H29NO7S2/c18-9-11-13(20)14(21)15(22)16(24-11)23-7-6-17-12(19)4-2-1-3-10-5-8-25-26-10/h10-11,13-16,18,20-22H,1-9H2,(H,17,19)/t10?,11-,13+,14+,15-,16-/m1/s1. The zero-order valence-corrected chi connectivity index (χ0v) is 16.3. The fourth-order valence-corrected chi connectivity index (χ4v) is 5.91. The second-order valence-electron chi connectivity index (χ2n) is 6.49. The van der Waals surface area contributed by atoms with E-state index < -0.39 is 37.3 Å². The molecule has 2 heterocycles. The van der Waals surface area contributed by atoms with Crippen LogP contribution >= 0.6 is 21.6 Å². The quantitative estimate of drug-likeness (QED) is 0.242. The second kappa shape index (κ2) is 11.7. The molecule has 152 valence electrons. The molecule has 0 aromatic carbocycles. The highest BCUT2D eigenvalue weighted by atomic mass is 33.1. The van der Waals surface area contributed by atoms with Crippen LogP contribution in [-0.2, 0) is 14.3 Å². The number of ether oxygens (including phenoxy) is 2. The maximum atomic E-state index is 11.8. The van der Waals surface area contributed by atoms with Gasteiger partial charge in [0.25, 0.3) is 0 Å². The largest absolute Gasteiger partial charge is 0.394 e. The summed E-state index contributed by atoms with van der Waals surface area (Å²) in [6, 6.07) is 0. The van der Waals surface area contributed by atoms with Crippen molar-refractivity contribution in [2.24, 2.45) is 0 Å². The highest BCUT2D eigenvalue weighted by Gasteiger charge is 2.43. The summed E-state index contributed by atoms with van der Waals surface area (Å²) in [6.45, 7) is -0.160. The molecule has 0 aromatic rings. The van der Waals surface area contributed by atoms with Crippen molar-refractivity contribution in [3.8, 4) is 0 Å². The summed E-state index contributed by atoms with van der Waals surface area (Å²) in [7, 11) is 3.88. The molecule has 8 nitrogen and oxygen atoms in total. The van der Waals surface area contributed by atoms with Gasteiger partial charge in [-0.1, -0.05) is 28.0 Å². The summed E-state index contributed by atoms with van der Waals surface area (Å²) in [5.74, 6) is 1.18. The minimum absolute atomic E-state index is 0.0455. The van der Waals surface area contributed by atoms with Crippen molar-refractivity contribution >= 4 is 27.5 Å². The molecule has 10 heteroatoms. The molecule has 26 heavy (non-hydrogen) atoms. The highest BCUT2D eigenvalue weighted by Crippen LogP contribution is 2.39. The average molecular weight is 412 g/mol. The maximum Gasteiger partial charge on any atom is 0.220 e. The zero-order chi connectivity index (χ0) is 18.9. The highest BCUT2D eigenvalue weighted by molar-refractivity contribution is 8.77. The number of aliphatic hydroxyl groups excluding tert-OH is 4. The number of nitrogens with one attached hydrogen (secondary N) is 1. The molecular weight excluding hydrogens is 382 g/mol. The molecule has 2 aliphatic heterocycles. The topological polar surface area (TPSA) is 128 Å². The zero-order valence-electron chi connectivity index (χ0n) is 14.7. The lowest BCUT2D eigenvalue weighted by Gasteiger charge is -2.39. The Hall–Kier alpha value is -0.0700. The van der Waals surface area contributed by atoms with Gasteiger partial charge in [-0.15, -0.1) is 0 Å². The molecule has 0 bridgehead atoms. The van der Waals surface area contributed by atoms with Gasteiger partial charge in [-0.05, 0) is 19.3 Å². The monoisotopic (exact) mass is 411 g/mol. The predicted molar refractivity (Wildman–Crippen MR) is 99.7 cm³/mol. The van der Waals surface area contributed by atoms with Crippen LogP contribution in [0.5, 0.6) is 0 Å². The van der Waals surface area contributed by atoms with Crippen molar-refractivity contribution < 1.29 is 34.7 Å². The second-order valence-corrected chi connectivity index (χ2v) is 9.28. The number of hydrogen-bond acceptors (Lipinski definition) is 9. The van der Waals surface area contributed by atoms with E-state index in [-0.39, 0.29) is 19.1 Å². The molecule has 2 rings (SSSR count). The van der Waals surface area contributed by atoms with E-state index in [4.69, 9.17) is 14.6 Å². The van der Waals surface area contributed by atoms with Gasteiger partial charge in [0.05, 0.1) is 13.2 Å². The van der Waals surface area contributed by atoms with Crippen LogP contribution < -0.4 is 5.32 Å². The van der Waals surface area contributed by atoms with Crippen molar-refractivity contribution in [2.45, 2.75) is 68.1 Å². The average Bonchev–Trinajstić information content (AvgIpc) is 3.15. The van der Waals surface area contributed by atoms with Crippen LogP contribution in [-0.4, -0.2) is 87.8 Å². The lowest BCUT2D eigenvalue weighted by Crippen LogP contribution is -2.59. The molecule has 1 amide bonds. The lowest BCUT2D eigenvalue weighted by molar-refractivity contribution is -0.300. The Labute approximate surface area is 161 Å². The van der Waals surface area contributed by atoms with Gasteiger partial charge in [0.1, 0.15) is 24.4 Å². The molecule has 1 unspecified atom stereocenters. The first kappa shape index (κ1) is 22.2. The van der Waals surface area contributed by atoms with Crippen LogP contribution in [0.3, 0.4) is 0 Å². The van der Waals surface area contributed by atoms with E-state index in [1.54, 1.807) is 0 Å². The molecule has 0 saturated carbocycles. The third-order valence-electron chi connectivity index (χ3n) is 4.46. The predicted octanol–water partition coefficient (Wildman–Crippen LogP) is -0.367. The van der Waals surface area contributed by atoms with Gasteiger partial charge in [-0.3, -0.25) is 4.79 Å². The van der Waals surface area contributed by atoms with Crippen LogP contribution in [0.2, 0.25) is 0 Å². The fourth-order valence-electron chi connectivity index (χ4n) is 2.88. The molecule has 2 saturated heterocycles. The van der Waals surface area contributed by atoms with Crippen LogP contribution in [0.4, 0.5) is 0 Å². The summed E-state index contributed by atoms with van der Waals surface area (Å²) >= 11 is 0. The molecule has 0 spiro atoms. The molecular formula is C16H29NO7S2. The molecule has 2 fully saturated rings. The number of hydrogen-bond donors (Lipinski definition) is 5. The smallest absolute Gasteiger partial charge is 0.220 e. The summed E-state index contributed by atoms with van der Waals surface area (Å²) < 4.78 is 10.5. The van der Waals surface area contributed by atoms with Gasteiger partial charge in [0.15, 0.2) is 6.29 Å². The van der Waals surface area contributed by atoms with Gasteiger partial charge >= 0.3 is 0 Å². The van der Waals surface area contributed by atoms with Gasteiger partial charge in [0.2, 0.25) is 5.91 Å². The normalized spacial score (nSPS) is 34.8. The Kier molecular flexibility index (Phi) is 10.0. The molecule has 6 atom stereocenters. The van der Waals surface area contributed by atoms with Crippen LogP contribution in [0.25, 0.3) is 0 Å². The minimum atomic E-state index is -1.46. The summed E-state index contributed by atoms with van der Waals surface area (Å²) in [4.78, 5) is 11.8. The molecule has 5 N–H and O–H groups in total. The Bertz CT molecular complexity index is 423. The summed E-state index contributed by atoms with van der Waals surface area (Å²) in [6.07, 6.45) is -1.64. The van der Waals surface area contributed by atoms with Crippen molar-refractivity contribution in [2.75, 3.05) is 25.5 Å².